The van der Waals surface area contributed by atoms with Gasteiger partial charge in [-0.2, -0.15) is 5.10 Å². The fraction of sp³-hybridized carbons (Fsp3) is 0.333. The highest BCUT2D eigenvalue weighted by molar-refractivity contribution is 6.09. The first-order chi connectivity index (χ1) is 20.9. The number of fused-ring (bicyclic) bond motifs is 1. The van der Waals surface area contributed by atoms with Gasteiger partial charge in [0.15, 0.2) is 11.9 Å². The van der Waals surface area contributed by atoms with Gasteiger partial charge in [0.25, 0.3) is 5.91 Å². The Kier molecular flexibility index (Phi) is 8.11. The number of carbonyl (C=O) groups excluding carboxylic acids is 2. The van der Waals surface area contributed by atoms with E-state index in [0.717, 1.165) is 30.4 Å². The maximum atomic E-state index is 14.3. The fourth-order valence-electron chi connectivity index (χ4n) is 5.64. The standard InChI is InChI=1S/C33H36N6O4/c1-36(2)33(42)38-19-17-37(18-20-38)32(41)26-22-28(24-12-14-25(40)15-13-24)34-31-30(26)27(16-11-23-8-4-3-5-9-23)35-39(31)29-10-6-7-21-43-29/h3-5,8-9,11-16,22,29,40H,6-7,10,17-21H2,1-2H3. The van der Waals surface area contributed by atoms with Gasteiger partial charge in [0.1, 0.15) is 5.75 Å². The summed E-state index contributed by atoms with van der Waals surface area (Å²) in [6.45, 7) is 2.40. The summed E-state index contributed by atoms with van der Waals surface area (Å²) in [5.74, 6) is 0.0168. The highest BCUT2D eigenvalue weighted by atomic mass is 16.5. The van der Waals surface area contributed by atoms with Crippen LogP contribution in [0, 0.1) is 0 Å². The van der Waals surface area contributed by atoms with Crippen LogP contribution in [0.25, 0.3) is 34.4 Å². The predicted molar refractivity (Wildman–Crippen MR) is 165 cm³/mol. The summed E-state index contributed by atoms with van der Waals surface area (Å²) >= 11 is 0. The molecule has 10 heteroatoms. The molecular formula is C33H36N6O4. The molecule has 10 nitrogen and oxygen atoms in total. The highest BCUT2D eigenvalue weighted by Crippen LogP contribution is 2.34. The second-order valence-electron chi connectivity index (χ2n) is 11.2. The van der Waals surface area contributed by atoms with E-state index in [0.29, 0.717) is 60.8 Å². The summed E-state index contributed by atoms with van der Waals surface area (Å²) in [4.78, 5) is 37.0. The third-order valence-corrected chi connectivity index (χ3v) is 7.96. The minimum Gasteiger partial charge on any atom is -0.508 e. The molecule has 43 heavy (non-hydrogen) atoms. The Hall–Kier alpha value is -4.70. The Bertz CT molecular complexity index is 1630. The van der Waals surface area contributed by atoms with Gasteiger partial charge in [-0.05, 0) is 61.2 Å². The lowest BCUT2D eigenvalue weighted by Crippen LogP contribution is -2.52. The molecule has 2 aromatic carbocycles. The molecule has 4 aromatic rings. The number of hydrogen-bond acceptors (Lipinski definition) is 6. The van der Waals surface area contributed by atoms with Crippen molar-refractivity contribution in [1.82, 2.24) is 29.5 Å². The van der Waals surface area contributed by atoms with Crippen molar-refractivity contribution in [3.8, 4) is 17.0 Å². The fourth-order valence-corrected chi connectivity index (χ4v) is 5.64. The first-order valence-electron chi connectivity index (χ1n) is 14.7. The Labute approximate surface area is 250 Å². The van der Waals surface area contributed by atoms with Crippen LogP contribution in [-0.4, -0.2) is 93.4 Å². The van der Waals surface area contributed by atoms with Crippen molar-refractivity contribution in [2.75, 3.05) is 46.9 Å². The number of aromatic hydroxyl groups is 1. The number of aromatic nitrogens is 3. The molecule has 0 saturated carbocycles. The van der Waals surface area contributed by atoms with E-state index in [2.05, 4.69) is 0 Å². The van der Waals surface area contributed by atoms with Gasteiger partial charge >= 0.3 is 6.03 Å². The number of phenols is 1. The van der Waals surface area contributed by atoms with Gasteiger partial charge in [-0.1, -0.05) is 36.4 Å². The molecule has 0 bridgehead atoms. The van der Waals surface area contributed by atoms with Gasteiger partial charge in [0.2, 0.25) is 0 Å². The Morgan fingerprint density at radius 1 is 0.953 bits per heavy atom. The number of rotatable bonds is 5. The van der Waals surface area contributed by atoms with Crippen molar-refractivity contribution in [1.29, 1.82) is 0 Å². The Morgan fingerprint density at radius 3 is 2.35 bits per heavy atom. The van der Waals surface area contributed by atoms with Crippen LogP contribution >= 0.6 is 0 Å². The van der Waals surface area contributed by atoms with Crippen LogP contribution in [0.2, 0.25) is 0 Å². The number of phenolic OH excluding ortho intramolecular Hbond substituents is 1. The number of benzene rings is 2. The molecule has 4 heterocycles. The molecule has 6 rings (SSSR count). The molecule has 1 unspecified atom stereocenters. The third-order valence-electron chi connectivity index (χ3n) is 7.96. The zero-order valence-corrected chi connectivity index (χ0v) is 24.5. The second kappa shape index (κ2) is 12.3. The summed E-state index contributed by atoms with van der Waals surface area (Å²) in [6, 6.07) is 18.5. The molecule has 3 amide bonds. The van der Waals surface area contributed by atoms with Crippen LogP contribution in [0.3, 0.4) is 0 Å². The number of carbonyl (C=O) groups is 2. The van der Waals surface area contributed by atoms with Gasteiger partial charge in [-0.25, -0.2) is 14.5 Å². The minimum absolute atomic E-state index is 0.0601. The normalized spacial score (nSPS) is 17.5. The minimum atomic E-state index is -0.291. The van der Waals surface area contributed by atoms with Gasteiger partial charge in [0, 0.05) is 52.4 Å². The van der Waals surface area contributed by atoms with Crippen molar-refractivity contribution in [3.63, 3.8) is 0 Å². The molecule has 2 aliphatic heterocycles. The second-order valence-corrected chi connectivity index (χ2v) is 11.2. The molecule has 0 radical (unpaired) electrons. The molecule has 1 N–H and O–H groups in total. The summed E-state index contributed by atoms with van der Waals surface area (Å²) in [5, 5.41) is 15.6. The number of hydrogen-bond donors (Lipinski definition) is 1. The van der Waals surface area contributed by atoms with E-state index in [1.807, 2.05) is 53.2 Å². The van der Waals surface area contributed by atoms with Gasteiger partial charge in [-0.15, -0.1) is 0 Å². The number of nitrogens with zero attached hydrogens (tertiary/aromatic N) is 6. The molecule has 1 atom stereocenters. The van der Waals surface area contributed by atoms with Crippen LogP contribution in [0.15, 0.2) is 60.7 Å². The summed E-state index contributed by atoms with van der Waals surface area (Å²) < 4.78 is 7.97. The molecule has 2 saturated heterocycles. The Morgan fingerprint density at radius 2 is 1.67 bits per heavy atom. The zero-order chi connectivity index (χ0) is 29.9. The van der Waals surface area contributed by atoms with Crippen LogP contribution in [0.4, 0.5) is 4.79 Å². The maximum Gasteiger partial charge on any atom is 0.319 e. The average Bonchev–Trinajstić information content (AvgIpc) is 3.42. The summed E-state index contributed by atoms with van der Waals surface area (Å²) in [6.07, 6.45) is 6.44. The number of piperazine rings is 1. The lowest BCUT2D eigenvalue weighted by atomic mass is 10.0. The molecular weight excluding hydrogens is 544 g/mol. The SMILES string of the molecule is CN(C)C(=O)N1CCN(C(=O)c2cc(-c3ccc(O)cc3)nc3c2c(C=Cc2ccccc2)nn3C2CCCCO2)CC1. The Balaban J connectivity index is 1.48. The lowest BCUT2D eigenvalue weighted by molar-refractivity contribution is -0.0370. The average molecular weight is 581 g/mol. The van der Waals surface area contributed by atoms with E-state index in [1.54, 1.807) is 53.1 Å². The summed E-state index contributed by atoms with van der Waals surface area (Å²) in [5.41, 5.74) is 4.11. The van der Waals surface area contributed by atoms with E-state index < -0.39 is 0 Å². The van der Waals surface area contributed by atoms with Crippen molar-refractivity contribution >= 4 is 35.1 Å². The van der Waals surface area contributed by atoms with Crippen LogP contribution in [-0.2, 0) is 4.74 Å². The number of amides is 3. The maximum absolute atomic E-state index is 14.3. The van der Waals surface area contributed by atoms with E-state index in [4.69, 9.17) is 14.8 Å². The first kappa shape index (κ1) is 28.4. The first-order valence-corrected chi connectivity index (χ1v) is 14.7. The quantitative estimate of drug-likeness (QED) is 0.352. The van der Waals surface area contributed by atoms with E-state index in [1.165, 1.54) is 0 Å². The topological polar surface area (TPSA) is 104 Å². The molecule has 0 spiro atoms. The molecule has 2 fully saturated rings. The van der Waals surface area contributed by atoms with Gasteiger partial charge in [-0.3, -0.25) is 4.79 Å². The van der Waals surface area contributed by atoms with Gasteiger partial charge < -0.3 is 24.5 Å². The van der Waals surface area contributed by atoms with Crippen molar-refractivity contribution in [2.45, 2.75) is 25.5 Å². The monoisotopic (exact) mass is 580 g/mol. The van der Waals surface area contributed by atoms with Crippen LogP contribution in [0.5, 0.6) is 5.75 Å². The molecule has 2 aromatic heterocycles. The van der Waals surface area contributed by atoms with E-state index >= 15 is 0 Å². The van der Waals surface area contributed by atoms with Gasteiger partial charge in [0.05, 0.1) is 22.3 Å². The van der Waals surface area contributed by atoms with E-state index in [9.17, 15) is 14.7 Å². The molecule has 0 aliphatic carbocycles. The smallest absolute Gasteiger partial charge is 0.319 e. The van der Waals surface area contributed by atoms with Crippen molar-refractivity contribution in [3.05, 3.63) is 77.5 Å². The number of pyridine rings is 1. The van der Waals surface area contributed by atoms with Crippen LogP contribution < -0.4 is 0 Å². The molecule has 2 aliphatic rings. The third kappa shape index (κ3) is 5.96. The number of ether oxygens (including phenoxy) is 1. The molecule has 222 valence electrons. The van der Waals surface area contributed by atoms with Crippen molar-refractivity contribution in [2.24, 2.45) is 0 Å². The summed E-state index contributed by atoms with van der Waals surface area (Å²) in [7, 11) is 3.47. The number of urea groups is 1. The largest absolute Gasteiger partial charge is 0.508 e. The highest BCUT2D eigenvalue weighted by Gasteiger charge is 2.30. The predicted octanol–water partition coefficient (Wildman–Crippen LogP) is 5.11. The zero-order valence-electron chi connectivity index (χ0n) is 24.5. The lowest BCUT2D eigenvalue weighted by Gasteiger charge is -2.36. The van der Waals surface area contributed by atoms with Crippen LogP contribution in [0.1, 0.15) is 47.1 Å². The van der Waals surface area contributed by atoms with E-state index in [-0.39, 0.29) is 23.9 Å². The van der Waals surface area contributed by atoms with Crippen molar-refractivity contribution < 1.29 is 19.4 Å².